The molecule has 0 radical (unpaired) electrons. The molecule has 1 aromatic carbocycles. The molecule has 1 aromatic heterocycles. The minimum absolute atomic E-state index is 0.143. The molecule has 0 fully saturated rings. The number of thioether (sulfide) groups is 1. The van der Waals surface area contributed by atoms with Crippen LogP contribution in [0.2, 0.25) is 5.02 Å². The lowest BCUT2D eigenvalue weighted by Gasteiger charge is -2.12. The van der Waals surface area contributed by atoms with Crippen molar-refractivity contribution in [3.63, 3.8) is 0 Å². The number of pyridine rings is 1. The number of nitriles is 1. The summed E-state index contributed by atoms with van der Waals surface area (Å²) in [6, 6.07) is 10.5. The lowest BCUT2D eigenvalue weighted by atomic mass is 10.1. The summed E-state index contributed by atoms with van der Waals surface area (Å²) in [5.41, 5.74) is 2.66. The van der Waals surface area contributed by atoms with Crippen LogP contribution in [-0.4, -0.2) is 36.1 Å². The van der Waals surface area contributed by atoms with Crippen LogP contribution in [-0.2, 0) is 15.6 Å². The fourth-order valence-electron chi connectivity index (χ4n) is 2.45. The SMILES string of the molecule is Cc1cc(C)c(C#N)c(SCC(O)CS(=O)(=O)Cc2ccc(Cl)cc2)n1. The number of rotatable bonds is 7. The minimum Gasteiger partial charge on any atom is -0.391 e. The third kappa shape index (κ3) is 5.99. The normalized spacial score (nSPS) is 12.6. The van der Waals surface area contributed by atoms with Crippen molar-refractivity contribution in [3.8, 4) is 6.07 Å². The molecule has 0 saturated heterocycles. The molecule has 0 aliphatic heterocycles. The summed E-state index contributed by atoms with van der Waals surface area (Å²) < 4.78 is 24.5. The van der Waals surface area contributed by atoms with E-state index in [-0.39, 0.29) is 17.3 Å². The minimum atomic E-state index is -3.47. The van der Waals surface area contributed by atoms with Crippen LogP contribution in [0.5, 0.6) is 0 Å². The van der Waals surface area contributed by atoms with Crippen LogP contribution >= 0.6 is 23.4 Å². The molecule has 0 amide bonds. The van der Waals surface area contributed by atoms with Crippen molar-refractivity contribution in [2.45, 2.75) is 30.7 Å². The van der Waals surface area contributed by atoms with E-state index in [1.165, 1.54) is 11.8 Å². The maximum absolute atomic E-state index is 12.3. The molecule has 2 rings (SSSR count). The van der Waals surface area contributed by atoms with Crippen LogP contribution in [0.15, 0.2) is 35.4 Å². The van der Waals surface area contributed by atoms with Crippen LogP contribution in [0, 0.1) is 25.2 Å². The smallest absolute Gasteiger partial charge is 0.157 e. The predicted molar refractivity (Wildman–Crippen MR) is 104 cm³/mol. The Bertz CT molecular complexity index is 923. The number of hydrogen-bond acceptors (Lipinski definition) is 6. The van der Waals surface area contributed by atoms with E-state index in [0.29, 0.717) is 21.2 Å². The molecule has 0 spiro atoms. The number of hydrogen-bond donors (Lipinski definition) is 1. The molecule has 8 heteroatoms. The highest BCUT2D eigenvalue weighted by Crippen LogP contribution is 2.24. The van der Waals surface area contributed by atoms with E-state index in [2.05, 4.69) is 11.1 Å². The molecule has 0 aliphatic carbocycles. The van der Waals surface area contributed by atoms with Gasteiger partial charge in [0.2, 0.25) is 0 Å². The zero-order valence-corrected chi connectivity index (χ0v) is 16.8. The second kappa shape index (κ2) is 8.87. The Kier molecular flexibility index (Phi) is 7.07. The average Bonchev–Trinajstić information content (AvgIpc) is 2.54. The van der Waals surface area contributed by atoms with E-state index < -0.39 is 15.9 Å². The van der Waals surface area contributed by atoms with Gasteiger partial charge in [-0.25, -0.2) is 13.4 Å². The van der Waals surface area contributed by atoms with Crippen molar-refractivity contribution in [2.24, 2.45) is 0 Å². The predicted octanol–water partition coefficient (Wildman–Crippen LogP) is 3.29. The Morgan fingerprint density at radius 3 is 2.58 bits per heavy atom. The van der Waals surface area contributed by atoms with Gasteiger partial charge in [-0.2, -0.15) is 5.26 Å². The van der Waals surface area contributed by atoms with Gasteiger partial charge in [0.15, 0.2) is 9.84 Å². The molecule has 1 N–H and O–H groups in total. The van der Waals surface area contributed by atoms with Gasteiger partial charge in [-0.15, -0.1) is 11.8 Å². The van der Waals surface area contributed by atoms with Crippen molar-refractivity contribution in [3.05, 3.63) is 57.7 Å². The summed E-state index contributed by atoms with van der Waals surface area (Å²) in [7, 11) is -3.47. The molecule has 0 saturated carbocycles. The molecular weight excluding hydrogens is 392 g/mol. The highest BCUT2D eigenvalue weighted by Gasteiger charge is 2.19. The first-order valence-electron chi connectivity index (χ1n) is 7.84. The molecule has 138 valence electrons. The van der Waals surface area contributed by atoms with Crippen LogP contribution in [0.25, 0.3) is 0 Å². The second-order valence-corrected chi connectivity index (χ2v) is 9.57. The lowest BCUT2D eigenvalue weighted by molar-refractivity contribution is 0.222. The van der Waals surface area contributed by atoms with Crippen molar-refractivity contribution in [1.29, 1.82) is 5.26 Å². The topological polar surface area (TPSA) is 91.0 Å². The van der Waals surface area contributed by atoms with Crippen LogP contribution in [0.3, 0.4) is 0 Å². The van der Waals surface area contributed by atoms with Crippen molar-refractivity contribution >= 4 is 33.2 Å². The number of aliphatic hydroxyl groups is 1. The third-order valence-corrected chi connectivity index (χ3v) is 6.62. The first kappa shape index (κ1) is 20.7. The zero-order valence-electron chi connectivity index (χ0n) is 14.4. The quantitative estimate of drug-likeness (QED) is 0.704. The monoisotopic (exact) mass is 410 g/mol. The first-order chi connectivity index (χ1) is 12.2. The van der Waals surface area contributed by atoms with Crippen LogP contribution in [0.4, 0.5) is 0 Å². The van der Waals surface area contributed by atoms with E-state index in [0.717, 1.165) is 11.3 Å². The standard InChI is InChI=1S/C18H19ClN2O3S2/c1-12-7-13(2)21-18(17(12)8-20)25-9-16(22)11-26(23,24)10-14-3-5-15(19)6-4-14/h3-7,16,22H,9-11H2,1-2H3. The average molecular weight is 411 g/mol. The molecule has 1 atom stereocenters. The molecule has 1 heterocycles. The highest BCUT2D eigenvalue weighted by atomic mass is 35.5. The number of aromatic nitrogens is 1. The number of nitrogens with zero attached hydrogens (tertiary/aromatic N) is 2. The van der Waals surface area contributed by atoms with Gasteiger partial charge in [-0.3, -0.25) is 0 Å². The Morgan fingerprint density at radius 1 is 1.31 bits per heavy atom. The molecule has 2 aromatic rings. The largest absolute Gasteiger partial charge is 0.391 e. The summed E-state index contributed by atoms with van der Waals surface area (Å²) in [6.45, 7) is 3.65. The third-order valence-electron chi connectivity index (χ3n) is 3.58. The summed E-state index contributed by atoms with van der Waals surface area (Å²) >= 11 is 6.98. The molecule has 5 nitrogen and oxygen atoms in total. The number of halogens is 1. The maximum Gasteiger partial charge on any atom is 0.157 e. The van der Waals surface area contributed by atoms with E-state index >= 15 is 0 Å². The number of aliphatic hydroxyl groups excluding tert-OH is 1. The number of aryl methyl sites for hydroxylation is 2. The Morgan fingerprint density at radius 2 is 1.96 bits per heavy atom. The Labute approximate surface area is 163 Å². The van der Waals surface area contributed by atoms with Crippen molar-refractivity contribution in [2.75, 3.05) is 11.5 Å². The fraction of sp³-hybridized carbons (Fsp3) is 0.333. The Hall–Kier alpha value is -1.59. The van der Waals surface area contributed by atoms with Crippen LogP contribution < -0.4 is 0 Å². The molecular formula is C18H19ClN2O3S2. The van der Waals surface area contributed by atoms with Gasteiger partial charge in [-0.05, 0) is 43.2 Å². The van der Waals surface area contributed by atoms with Gasteiger partial charge in [0.25, 0.3) is 0 Å². The number of benzene rings is 1. The molecule has 0 aliphatic rings. The maximum atomic E-state index is 12.3. The van der Waals surface area contributed by atoms with E-state index in [4.69, 9.17) is 11.6 Å². The first-order valence-corrected chi connectivity index (χ1v) is 11.0. The molecule has 26 heavy (non-hydrogen) atoms. The zero-order chi connectivity index (χ0) is 19.3. The van der Waals surface area contributed by atoms with Gasteiger partial charge in [-0.1, -0.05) is 23.7 Å². The summed E-state index contributed by atoms with van der Waals surface area (Å²) in [5.74, 6) is -0.364. The fourth-order valence-corrected chi connectivity index (χ4v) is 5.28. The van der Waals surface area contributed by atoms with Gasteiger partial charge in [0.05, 0.1) is 23.2 Å². The lowest BCUT2D eigenvalue weighted by Crippen LogP contribution is -2.24. The summed E-state index contributed by atoms with van der Waals surface area (Å²) in [4.78, 5) is 4.32. The summed E-state index contributed by atoms with van der Waals surface area (Å²) in [6.07, 6.45) is -1.05. The highest BCUT2D eigenvalue weighted by molar-refractivity contribution is 7.99. The van der Waals surface area contributed by atoms with Gasteiger partial charge < -0.3 is 5.11 Å². The van der Waals surface area contributed by atoms with E-state index in [1.54, 1.807) is 24.3 Å². The Balaban J connectivity index is 1.99. The van der Waals surface area contributed by atoms with Gasteiger partial charge in [0.1, 0.15) is 11.1 Å². The number of sulfone groups is 1. The molecule has 1 unspecified atom stereocenters. The van der Waals surface area contributed by atoms with Gasteiger partial charge >= 0.3 is 0 Å². The molecule has 0 bridgehead atoms. The van der Waals surface area contributed by atoms with E-state index in [9.17, 15) is 18.8 Å². The summed E-state index contributed by atoms with van der Waals surface area (Å²) in [5, 5.41) is 20.4. The van der Waals surface area contributed by atoms with E-state index in [1.807, 2.05) is 19.9 Å². The second-order valence-electron chi connectivity index (χ2n) is 6.02. The van der Waals surface area contributed by atoms with Crippen LogP contribution in [0.1, 0.15) is 22.4 Å². The van der Waals surface area contributed by atoms with Gasteiger partial charge in [0, 0.05) is 16.5 Å². The van der Waals surface area contributed by atoms with Crippen molar-refractivity contribution in [1.82, 2.24) is 4.98 Å². The van der Waals surface area contributed by atoms with Crippen molar-refractivity contribution < 1.29 is 13.5 Å².